The number of aromatic nitrogens is 1. The van der Waals surface area contributed by atoms with Gasteiger partial charge in [-0.15, -0.1) is 0 Å². The van der Waals surface area contributed by atoms with Crippen LogP contribution in [0.3, 0.4) is 0 Å². The maximum atomic E-state index is 13.7. The van der Waals surface area contributed by atoms with E-state index in [4.69, 9.17) is 13.9 Å². The van der Waals surface area contributed by atoms with Crippen molar-refractivity contribution >= 4 is 29.1 Å². The number of fused-ring (bicyclic) bond motifs is 1. The number of hydrogen-bond donors (Lipinski definition) is 0. The molecular formula is C28H23N3O7S. The van der Waals surface area contributed by atoms with Crippen LogP contribution in [-0.4, -0.2) is 29.7 Å². The first-order valence-corrected chi connectivity index (χ1v) is 12.8. The van der Waals surface area contributed by atoms with E-state index >= 15 is 0 Å². The van der Waals surface area contributed by atoms with Gasteiger partial charge in [0.05, 0.1) is 52.6 Å². The fourth-order valence-corrected chi connectivity index (χ4v) is 5.52. The van der Waals surface area contributed by atoms with Crippen LogP contribution in [0.4, 0.5) is 5.69 Å². The molecule has 5 rings (SSSR count). The molecule has 0 spiro atoms. The van der Waals surface area contributed by atoms with E-state index in [0.29, 0.717) is 38.5 Å². The predicted molar refractivity (Wildman–Crippen MR) is 144 cm³/mol. The molecule has 0 saturated carbocycles. The summed E-state index contributed by atoms with van der Waals surface area (Å²) in [5.41, 5.74) is 1.38. The van der Waals surface area contributed by atoms with E-state index in [9.17, 15) is 19.7 Å². The van der Waals surface area contributed by atoms with Crippen LogP contribution in [0.1, 0.15) is 30.7 Å². The van der Waals surface area contributed by atoms with Crippen molar-refractivity contribution in [2.75, 3.05) is 14.2 Å². The van der Waals surface area contributed by atoms with Crippen LogP contribution < -0.4 is 19.6 Å². The Balaban J connectivity index is 1.64. The van der Waals surface area contributed by atoms with E-state index in [2.05, 4.69) is 4.99 Å². The molecular weight excluding hydrogens is 522 g/mol. The number of methoxy groups -OCH3 is 2. The second-order valence-electron chi connectivity index (χ2n) is 8.54. The Morgan fingerprint density at radius 3 is 2.62 bits per heavy atom. The molecule has 0 N–H and O–H groups in total. The van der Waals surface area contributed by atoms with Gasteiger partial charge in [0.25, 0.3) is 11.2 Å². The minimum absolute atomic E-state index is 0.167. The number of rotatable bonds is 7. The number of nitro groups is 1. The summed E-state index contributed by atoms with van der Waals surface area (Å²) in [6.45, 7) is 1.89. The van der Waals surface area contributed by atoms with Crippen molar-refractivity contribution in [3.05, 3.63) is 113 Å². The molecule has 198 valence electrons. The van der Waals surface area contributed by atoms with Crippen LogP contribution in [0, 0.1) is 10.1 Å². The molecule has 1 atom stereocenters. The Morgan fingerprint density at radius 1 is 1.18 bits per heavy atom. The third-order valence-electron chi connectivity index (χ3n) is 6.33. The second-order valence-corrected chi connectivity index (χ2v) is 9.55. The van der Waals surface area contributed by atoms with Crippen LogP contribution in [0.15, 0.2) is 86.1 Å². The van der Waals surface area contributed by atoms with Crippen molar-refractivity contribution in [2.45, 2.75) is 19.4 Å². The van der Waals surface area contributed by atoms with E-state index in [1.807, 2.05) is 37.3 Å². The Morgan fingerprint density at radius 2 is 1.95 bits per heavy atom. The molecule has 3 heterocycles. The normalized spacial score (nSPS) is 15.1. The van der Waals surface area contributed by atoms with Gasteiger partial charge in [0.2, 0.25) is 0 Å². The molecule has 11 heteroatoms. The quantitative estimate of drug-likeness (QED) is 0.195. The molecule has 0 radical (unpaired) electrons. The largest absolute Gasteiger partial charge is 0.497 e. The lowest BCUT2D eigenvalue weighted by Crippen LogP contribution is -2.40. The van der Waals surface area contributed by atoms with Gasteiger partial charge in [0.1, 0.15) is 17.3 Å². The minimum atomic E-state index is -0.707. The number of furan rings is 1. The van der Waals surface area contributed by atoms with Crippen molar-refractivity contribution in [1.82, 2.24) is 4.57 Å². The van der Waals surface area contributed by atoms with Crippen LogP contribution >= 0.6 is 11.3 Å². The van der Waals surface area contributed by atoms with Gasteiger partial charge in [0.15, 0.2) is 4.80 Å². The third-order valence-corrected chi connectivity index (χ3v) is 7.32. The summed E-state index contributed by atoms with van der Waals surface area (Å²) in [6, 6.07) is 16.3. The molecule has 0 bridgehead atoms. The zero-order valence-corrected chi connectivity index (χ0v) is 22.1. The van der Waals surface area contributed by atoms with E-state index in [1.54, 1.807) is 30.3 Å². The highest BCUT2D eigenvalue weighted by molar-refractivity contribution is 7.07. The molecule has 0 amide bonds. The summed E-state index contributed by atoms with van der Waals surface area (Å²) in [7, 11) is 2.73. The zero-order valence-electron chi connectivity index (χ0n) is 21.2. The molecule has 0 fully saturated rings. The average Bonchev–Trinajstić information content (AvgIpc) is 3.55. The van der Waals surface area contributed by atoms with Crippen molar-refractivity contribution in [2.24, 2.45) is 4.99 Å². The zero-order chi connectivity index (χ0) is 27.7. The van der Waals surface area contributed by atoms with Gasteiger partial charge in [-0.1, -0.05) is 48.6 Å². The lowest BCUT2D eigenvalue weighted by atomic mass is 9.95. The number of nitrogens with zero attached hydrogens (tertiary/aromatic N) is 3. The Bertz CT molecular complexity index is 1800. The molecule has 0 saturated heterocycles. The minimum Gasteiger partial charge on any atom is -0.497 e. The topological polar surface area (TPSA) is 126 Å². The van der Waals surface area contributed by atoms with E-state index in [-0.39, 0.29) is 22.6 Å². The van der Waals surface area contributed by atoms with Gasteiger partial charge >= 0.3 is 5.97 Å². The first-order valence-electron chi connectivity index (χ1n) is 12.0. The summed E-state index contributed by atoms with van der Waals surface area (Å²) in [5.74, 6) is 0.408. The van der Waals surface area contributed by atoms with Gasteiger partial charge < -0.3 is 13.9 Å². The fraction of sp³-hybridized carbons (Fsp3) is 0.179. The van der Waals surface area contributed by atoms with Gasteiger partial charge in [-0.05, 0) is 36.2 Å². The molecule has 2 aromatic carbocycles. The summed E-state index contributed by atoms with van der Waals surface area (Å²) >= 11 is 1.17. The van der Waals surface area contributed by atoms with E-state index in [0.717, 1.165) is 5.56 Å². The molecule has 4 aromatic rings. The average molecular weight is 546 g/mol. The number of ether oxygens (including phenoxy) is 2. The van der Waals surface area contributed by atoms with Crippen LogP contribution in [-0.2, 0) is 9.53 Å². The summed E-state index contributed by atoms with van der Waals surface area (Å²) in [4.78, 5) is 42.8. The second kappa shape index (κ2) is 10.5. The molecule has 1 aliphatic heterocycles. The number of esters is 1. The van der Waals surface area contributed by atoms with Crippen molar-refractivity contribution in [1.29, 1.82) is 0 Å². The Kier molecular flexibility index (Phi) is 6.99. The SMILES string of the molecule is CCC1=C(C(=O)OC)[C@H](c2ccccc2)n2c(s/c(=C/c3ccc(-c4ccc(OC)cc4[N+](=O)[O-])o3)c2=O)=N1. The number of carbonyl (C=O) groups is 1. The standard InChI is InChI=1S/C28H23N3O7S/c1-4-20-24(27(33)37-3)25(16-8-6-5-7-9-16)30-26(32)23(39-28(30)29-20)15-18-11-13-22(38-18)19-12-10-17(36-2)14-21(19)31(34)35/h5-15,25H,4H2,1-3H3/b23-15+/t25-/m0/s1. The number of benzene rings is 2. The molecule has 2 aromatic heterocycles. The monoisotopic (exact) mass is 545 g/mol. The molecule has 0 aliphatic carbocycles. The van der Waals surface area contributed by atoms with Gasteiger partial charge in [-0.25, -0.2) is 9.79 Å². The van der Waals surface area contributed by atoms with Crippen molar-refractivity contribution in [3.8, 4) is 17.1 Å². The van der Waals surface area contributed by atoms with Crippen LogP contribution in [0.2, 0.25) is 0 Å². The Hall–Kier alpha value is -4.77. The van der Waals surface area contributed by atoms with Gasteiger partial charge in [-0.3, -0.25) is 19.5 Å². The highest BCUT2D eigenvalue weighted by Crippen LogP contribution is 2.34. The van der Waals surface area contributed by atoms with Crippen molar-refractivity contribution < 1.29 is 23.6 Å². The number of nitro benzene ring substituents is 1. The summed E-state index contributed by atoms with van der Waals surface area (Å²) < 4.78 is 17.9. The molecule has 1 aliphatic rings. The summed E-state index contributed by atoms with van der Waals surface area (Å²) in [5, 5.41) is 11.6. The molecule has 39 heavy (non-hydrogen) atoms. The van der Waals surface area contributed by atoms with E-state index < -0.39 is 16.9 Å². The lowest BCUT2D eigenvalue weighted by Gasteiger charge is -2.25. The highest BCUT2D eigenvalue weighted by Gasteiger charge is 2.33. The summed E-state index contributed by atoms with van der Waals surface area (Å²) in [6.07, 6.45) is 2.04. The first-order chi connectivity index (χ1) is 18.9. The predicted octanol–water partition coefficient (Wildman–Crippen LogP) is 3.98. The number of thiazole rings is 1. The van der Waals surface area contributed by atoms with Gasteiger partial charge in [-0.2, -0.15) is 0 Å². The number of allylic oxidation sites excluding steroid dienone is 1. The highest BCUT2D eigenvalue weighted by atomic mass is 32.1. The number of hydrogen-bond acceptors (Lipinski definition) is 9. The molecule has 10 nitrogen and oxygen atoms in total. The Labute approximate surface area is 225 Å². The van der Waals surface area contributed by atoms with E-state index in [1.165, 1.54) is 36.2 Å². The lowest BCUT2D eigenvalue weighted by molar-refractivity contribution is -0.384. The van der Waals surface area contributed by atoms with Crippen LogP contribution in [0.25, 0.3) is 17.4 Å². The smallest absolute Gasteiger partial charge is 0.338 e. The first kappa shape index (κ1) is 25.9. The van der Waals surface area contributed by atoms with Gasteiger partial charge in [0, 0.05) is 6.08 Å². The molecule has 0 unspecified atom stereocenters. The fourth-order valence-electron chi connectivity index (χ4n) is 4.52. The maximum absolute atomic E-state index is 13.7. The van der Waals surface area contributed by atoms with Crippen molar-refractivity contribution in [3.63, 3.8) is 0 Å². The maximum Gasteiger partial charge on any atom is 0.338 e. The number of carbonyl (C=O) groups excluding carboxylic acids is 1. The van der Waals surface area contributed by atoms with Crippen LogP contribution in [0.5, 0.6) is 5.75 Å². The third kappa shape index (κ3) is 4.68.